The van der Waals surface area contributed by atoms with Gasteiger partial charge in [0.25, 0.3) is 0 Å². The largest absolute Gasteiger partial charge is 0.462 e. The maximum absolute atomic E-state index is 11.6. The molecule has 2 aromatic rings. The summed E-state index contributed by atoms with van der Waals surface area (Å²) in [5.74, 6) is 0.177. The van der Waals surface area contributed by atoms with E-state index in [-0.39, 0.29) is 17.5 Å². The lowest BCUT2D eigenvalue weighted by Crippen LogP contribution is -2.15. The van der Waals surface area contributed by atoms with Crippen LogP contribution in [-0.4, -0.2) is 36.9 Å². The molecule has 1 aromatic carbocycles. The fourth-order valence-corrected chi connectivity index (χ4v) is 2.31. The fraction of sp³-hybridized carbons (Fsp3) is 0.267. The van der Waals surface area contributed by atoms with Crippen LogP contribution in [0, 0.1) is 0 Å². The van der Waals surface area contributed by atoms with E-state index < -0.39 is 10.0 Å². The lowest BCUT2D eigenvalue weighted by Gasteiger charge is -2.08. The summed E-state index contributed by atoms with van der Waals surface area (Å²) in [6, 6.07) is 9.80. The van der Waals surface area contributed by atoms with Crippen LogP contribution in [0.5, 0.6) is 0 Å². The second-order valence-corrected chi connectivity index (χ2v) is 6.74. The molecule has 0 fully saturated rings. The smallest absolute Gasteiger partial charge is 0.338 e. The van der Waals surface area contributed by atoms with Crippen molar-refractivity contribution in [3.8, 4) is 0 Å². The highest BCUT2D eigenvalue weighted by atomic mass is 32.2. The van der Waals surface area contributed by atoms with Gasteiger partial charge in [-0.05, 0) is 50.2 Å². The Balaban J connectivity index is 2.02. The summed E-state index contributed by atoms with van der Waals surface area (Å²) in [5.41, 5.74) is 1.16. The van der Waals surface area contributed by atoms with Crippen molar-refractivity contribution in [1.29, 1.82) is 0 Å². The molecule has 2 rings (SSSR count). The molecule has 1 heterocycles. The van der Waals surface area contributed by atoms with Crippen LogP contribution in [0.4, 0.5) is 17.3 Å². The first-order valence-electron chi connectivity index (χ1n) is 7.32. The third-order valence-electron chi connectivity index (χ3n) is 2.97. The van der Waals surface area contributed by atoms with Crippen LogP contribution in [0.2, 0.25) is 0 Å². The molecule has 0 saturated carbocycles. The molecule has 8 nitrogen and oxygen atoms in total. The molecule has 0 saturated heterocycles. The van der Waals surface area contributed by atoms with Gasteiger partial charge < -0.3 is 10.1 Å². The van der Waals surface area contributed by atoms with Gasteiger partial charge in [0.15, 0.2) is 11.6 Å². The van der Waals surface area contributed by atoms with Gasteiger partial charge in [-0.3, -0.25) is 4.72 Å². The number of benzene rings is 1. The lowest BCUT2D eigenvalue weighted by atomic mass is 10.2. The van der Waals surface area contributed by atoms with Crippen molar-refractivity contribution in [3.63, 3.8) is 0 Å². The Hall–Kier alpha value is -2.68. The van der Waals surface area contributed by atoms with E-state index in [0.717, 1.165) is 0 Å². The molecular formula is C15H18N4O4S. The molecule has 1 aromatic heterocycles. The van der Waals surface area contributed by atoms with E-state index in [1.165, 1.54) is 13.0 Å². The van der Waals surface area contributed by atoms with Crippen molar-refractivity contribution >= 4 is 33.3 Å². The summed E-state index contributed by atoms with van der Waals surface area (Å²) >= 11 is 0. The van der Waals surface area contributed by atoms with Gasteiger partial charge in [-0.1, -0.05) is 0 Å². The van der Waals surface area contributed by atoms with Crippen LogP contribution in [0.3, 0.4) is 0 Å². The number of aromatic nitrogens is 2. The number of rotatable bonds is 7. The Morgan fingerprint density at radius 1 is 1.04 bits per heavy atom. The molecule has 0 bridgehead atoms. The SMILES string of the molecule is CCOC(=O)c1ccc(Nc2ccc(NS(=O)(=O)CC)nn2)cc1. The highest BCUT2D eigenvalue weighted by Gasteiger charge is 2.09. The molecule has 0 spiro atoms. The summed E-state index contributed by atoms with van der Waals surface area (Å²) in [7, 11) is -3.38. The van der Waals surface area contributed by atoms with Gasteiger partial charge in [-0.2, -0.15) is 0 Å². The number of carbonyl (C=O) groups is 1. The van der Waals surface area contributed by atoms with Crippen molar-refractivity contribution < 1.29 is 17.9 Å². The van der Waals surface area contributed by atoms with Gasteiger partial charge in [-0.15, -0.1) is 10.2 Å². The van der Waals surface area contributed by atoms with E-state index >= 15 is 0 Å². The van der Waals surface area contributed by atoms with E-state index in [4.69, 9.17) is 4.74 Å². The van der Waals surface area contributed by atoms with Crippen LogP contribution in [-0.2, 0) is 14.8 Å². The minimum atomic E-state index is -3.38. The number of sulfonamides is 1. The number of esters is 1. The quantitative estimate of drug-likeness (QED) is 0.736. The summed E-state index contributed by atoms with van der Waals surface area (Å²) in [6.45, 7) is 3.60. The Morgan fingerprint density at radius 3 is 2.21 bits per heavy atom. The number of hydrogen-bond donors (Lipinski definition) is 2. The molecule has 0 atom stereocenters. The summed E-state index contributed by atoms with van der Waals surface area (Å²) in [6.07, 6.45) is 0. The standard InChI is InChI=1S/C15H18N4O4S/c1-3-23-15(20)11-5-7-12(8-6-11)16-13-9-10-14(18-17-13)19-24(21,22)4-2/h5-10H,3-4H2,1-2H3,(H,16,17)(H,18,19). The second-order valence-electron chi connectivity index (χ2n) is 4.73. The predicted octanol–water partition coefficient (Wildman–Crippen LogP) is 2.16. The molecule has 0 aliphatic heterocycles. The monoisotopic (exact) mass is 350 g/mol. The average Bonchev–Trinajstić information content (AvgIpc) is 2.57. The molecule has 0 amide bonds. The van der Waals surface area contributed by atoms with Crippen LogP contribution < -0.4 is 10.0 Å². The third kappa shape index (κ3) is 4.92. The van der Waals surface area contributed by atoms with Crippen LogP contribution in [0.1, 0.15) is 24.2 Å². The predicted molar refractivity (Wildman–Crippen MR) is 90.8 cm³/mol. The Labute approximate surface area is 140 Å². The van der Waals surface area contributed by atoms with E-state index in [1.807, 2.05) is 0 Å². The lowest BCUT2D eigenvalue weighted by molar-refractivity contribution is 0.0526. The number of nitrogens with zero attached hydrogens (tertiary/aromatic N) is 2. The normalized spacial score (nSPS) is 10.9. The van der Waals surface area contributed by atoms with Gasteiger partial charge in [0.2, 0.25) is 10.0 Å². The first-order valence-corrected chi connectivity index (χ1v) is 8.97. The van der Waals surface area contributed by atoms with Crippen molar-refractivity contribution in [2.75, 3.05) is 22.4 Å². The highest BCUT2D eigenvalue weighted by Crippen LogP contribution is 2.16. The molecule has 24 heavy (non-hydrogen) atoms. The molecule has 0 radical (unpaired) electrons. The Morgan fingerprint density at radius 2 is 1.67 bits per heavy atom. The minimum Gasteiger partial charge on any atom is -0.462 e. The van der Waals surface area contributed by atoms with Crippen molar-refractivity contribution in [2.45, 2.75) is 13.8 Å². The number of carbonyl (C=O) groups excluding carboxylic acids is 1. The van der Waals surface area contributed by atoms with Gasteiger partial charge >= 0.3 is 5.97 Å². The maximum atomic E-state index is 11.6. The number of anilines is 3. The summed E-state index contributed by atoms with van der Waals surface area (Å²) in [4.78, 5) is 11.6. The summed E-state index contributed by atoms with van der Waals surface area (Å²) < 4.78 is 30.1. The van der Waals surface area contributed by atoms with E-state index in [0.29, 0.717) is 23.7 Å². The summed E-state index contributed by atoms with van der Waals surface area (Å²) in [5, 5.41) is 10.7. The highest BCUT2D eigenvalue weighted by molar-refractivity contribution is 7.92. The molecule has 0 aliphatic rings. The number of hydrogen-bond acceptors (Lipinski definition) is 7. The topological polar surface area (TPSA) is 110 Å². The van der Waals surface area contributed by atoms with Gasteiger partial charge in [0.05, 0.1) is 17.9 Å². The van der Waals surface area contributed by atoms with Gasteiger partial charge in [0, 0.05) is 5.69 Å². The third-order valence-corrected chi connectivity index (χ3v) is 4.25. The van der Waals surface area contributed by atoms with Crippen molar-refractivity contribution in [2.24, 2.45) is 0 Å². The average molecular weight is 350 g/mol. The first kappa shape index (κ1) is 17.7. The van der Waals surface area contributed by atoms with Crippen molar-refractivity contribution in [1.82, 2.24) is 10.2 Å². The molecular weight excluding hydrogens is 332 g/mol. The second kappa shape index (κ2) is 7.73. The van der Waals surface area contributed by atoms with E-state index in [2.05, 4.69) is 20.2 Å². The molecule has 2 N–H and O–H groups in total. The van der Waals surface area contributed by atoms with Gasteiger partial charge in [-0.25, -0.2) is 13.2 Å². The van der Waals surface area contributed by atoms with E-state index in [1.54, 1.807) is 37.3 Å². The molecule has 0 unspecified atom stereocenters. The molecule has 9 heteroatoms. The van der Waals surface area contributed by atoms with Crippen molar-refractivity contribution in [3.05, 3.63) is 42.0 Å². The number of ether oxygens (including phenoxy) is 1. The van der Waals surface area contributed by atoms with E-state index in [9.17, 15) is 13.2 Å². The van der Waals surface area contributed by atoms with Crippen LogP contribution >= 0.6 is 0 Å². The molecule has 0 aliphatic carbocycles. The zero-order valence-corrected chi connectivity index (χ0v) is 14.1. The van der Waals surface area contributed by atoms with Crippen LogP contribution in [0.25, 0.3) is 0 Å². The zero-order chi connectivity index (χ0) is 17.6. The molecule has 128 valence electrons. The van der Waals surface area contributed by atoms with Crippen LogP contribution in [0.15, 0.2) is 36.4 Å². The Kier molecular flexibility index (Phi) is 5.69. The minimum absolute atomic E-state index is 0.0402. The first-order chi connectivity index (χ1) is 11.4. The Bertz CT molecular complexity index is 789. The van der Waals surface area contributed by atoms with Gasteiger partial charge in [0.1, 0.15) is 0 Å². The fourth-order valence-electron chi connectivity index (χ4n) is 1.74. The maximum Gasteiger partial charge on any atom is 0.338 e. The zero-order valence-electron chi connectivity index (χ0n) is 13.3. The number of nitrogens with one attached hydrogen (secondary N) is 2.